The number of amides is 1. The van der Waals surface area contributed by atoms with E-state index in [4.69, 9.17) is 23.1 Å². The number of nitrogens with one attached hydrogen (secondary N) is 1. The molecule has 5 atom stereocenters. The lowest BCUT2D eigenvalue weighted by Gasteiger charge is -2.45. The second kappa shape index (κ2) is 17.6. The molecule has 1 aliphatic rings. The van der Waals surface area contributed by atoms with Gasteiger partial charge in [0, 0.05) is 13.5 Å². The quantitative estimate of drug-likeness (QED) is 0.196. The predicted octanol–water partition coefficient (Wildman–Crippen LogP) is 4.74. The van der Waals surface area contributed by atoms with Gasteiger partial charge in [-0.15, -0.1) is 0 Å². The van der Waals surface area contributed by atoms with Crippen molar-refractivity contribution in [3.63, 3.8) is 0 Å². The summed E-state index contributed by atoms with van der Waals surface area (Å²) >= 11 is 0. The van der Waals surface area contributed by atoms with E-state index >= 15 is 0 Å². The molecule has 1 fully saturated rings. The Kier molecular flexibility index (Phi) is 14.2. The maximum Gasteiger partial charge on any atom is 0.264 e. The Bertz CT molecular complexity index is 1120. The van der Waals surface area contributed by atoms with E-state index in [2.05, 4.69) is 12.2 Å². The highest BCUT2D eigenvalue weighted by Crippen LogP contribution is 2.29. The lowest BCUT2D eigenvalue weighted by Crippen LogP contribution is -2.66. The number of ether oxygens (including phenoxy) is 4. The van der Waals surface area contributed by atoms with Crippen molar-refractivity contribution in [3.8, 4) is 0 Å². The van der Waals surface area contributed by atoms with Crippen molar-refractivity contribution in [2.75, 3.05) is 19.5 Å². The molecule has 0 bridgehead atoms. The fraction of sp³-hybridized carbons (Fsp3) is 0.581. The fourth-order valence-corrected chi connectivity index (χ4v) is 5.44. The molecule has 41 heavy (non-hydrogen) atoms. The summed E-state index contributed by atoms with van der Waals surface area (Å²) in [7, 11) is -3.92. The van der Waals surface area contributed by atoms with E-state index in [9.17, 15) is 13.2 Å². The molecule has 1 saturated heterocycles. The average Bonchev–Trinajstić information content (AvgIpc) is 2.94. The van der Waals surface area contributed by atoms with E-state index in [1.807, 2.05) is 60.7 Å². The lowest BCUT2D eigenvalue weighted by atomic mass is 9.96. The summed E-state index contributed by atoms with van der Waals surface area (Å²) in [6.45, 7) is 4.51. The van der Waals surface area contributed by atoms with Crippen molar-refractivity contribution in [1.29, 1.82) is 0 Å². The Balaban J connectivity index is 1.81. The molecule has 3 rings (SSSR count). The summed E-state index contributed by atoms with van der Waals surface area (Å²) in [5.74, 6) is -0.322. The van der Waals surface area contributed by atoms with Crippen LogP contribution in [0.4, 0.5) is 0 Å². The first-order chi connectivity index (χ1) is 19.8. The molecular formula is C31H45NO8S. The molecule has 1 N–H and O–H groups in total. The first-order valence-electron chi connectivity index (χ1n) is 14.5. The molecule has 0 aromatic heterocycles. The van der Waals surface area contributed by atoms with E-state index < -0.39 is 40.8 Å². The number of carbonyl (C=O) groups is 1. The minimum absolute atomic E-state index is 0.0317. The molecular weight excluding hydrogens is 546 g/mol. The third-order valence-electron chi connectivity index (χ3n) is 6.76. The third kappa shape index (κ3) is 12.2. The van der Waals surface area contributed by atoms with Crippen molar-refractivity contribution in [1.82, 2.24) is 5.32 Å². The maximum atomic E-state index is 12.4. The molecule has 9 nitrogen and oxygen atoms in total. The van der Waals surface area contributed by atoms with E-state index in [-0.39, 0.29) is 19.1 Å². The SMILES string of the molecule is CCCCCCCCO[C@@H]1O[C@H](COCc2ccccc2)[C@H](OS(C)(=O)=O)[C@H](OCc2ccccc2)[C@H]1NC(C)=O. The molecule has 0 unspecified atom stereocenters. The Hall–Kier alpha value is -2.34. The zero-order valence-electron chi connectivity index (χ0n) is 24.4. The number of hydrogen-bond acceptors (Lipinski definition) is 8. The molecule has 228 valence electrons. The van der Waals surface area contributed by atoms with Crippen LogP contribution in [0.1, 0.15) is 63.5 Å². The summed E-state index contributed by atoms with van der Waals surface area (Å²) in [6.07, 6.45) is 3.83. The molecule has 1 amide bonds. The molecule has 0 spiro atoms. The van der Waals surface area contributed by atoms with Crippen molar-refractivity contribution in [2.24, 2.45) is 0 Å². The molecule has 10 heteroatoms. The van der Waals surface area contributed by atoms with Crippen molar-refractivity contribution < 1.29 is 36.3 Å². The molecule has 1 aliphatic heterocycles. The highest BCUT2D eigenvalue weighted by molar-refractivity contribution is 7.86. The van der Waals surface area contributed by atoms with E-state index in [1.165, 1.54) is 26.2 Å². The predicted molar refractivity (Wildman–Crippen MR) is 156 cm³/mol. The zero-order chi connectivity index (χ0) is 29.5. The van der Waals surface area contributed by atoms with E-state index in [0.717, 1.165) is 36.6 Å². The Morgan fingerprint density at radius 3 is 2.07 bits per heavy atom. The van der Waals surface area contributed by atoms with Gasteiger partial charge < -0.3 is 24.3 Å². The second-order valence-electron chi connectivity index (χ2n) is 10.4. The van der Waals surface area contributed by atoms with Crippen LogP contribution in [-0.2, 0) is 51.3 Å². The Labute approximate surface area is 245 Å². The van der Waals surface area contributed by atoms with Gasteiger partial charge in [-0.1, -0.05) is 99.7 Å². The minimum Gasteiger partial charge on any atom is -0.374 e. The van der Waals surface area contributed by atoms with Crippen LogP contribution in [0.15, 0.2) is 60.7 Å². The van der Waals surface area contributed by atoms with Gasteiger partial charge in [0.15, 0.2) is 6.29 Å². The molecule has 2 aromatic carbocycles. The molecule has 0 saturated carbocycles. The van der Waals surface area contributed by atoms with Gasteiger partial charge in [-0.05, 0) is 17.5 Å². The number of unbranched alkanes of at least 4 members (excludes halogenated alkanes) is 5. The largest absolute Gasteiger partial charge is 0.374 e. The van der Waals surface area contributed by atoms with Gasteiger partial charge in [0.1, 0.15) is 24.4 Å². The van der Waals surface area contributed by atoms with Crippen LogP contribution < -0.4 is 5.32 Å². The van der Waals surface area contributed by atoms with Gasteiger partial charge in [-0.2, -0.15) is 8.42 Å². The summed E-state index contributed by atoms with van der Waals surface area (Å²) in [5.41, 5.74) is 1.85. The van der Waals surface area contributed by atoms with Crippen LogP contribution in [0, 0.1) is 0 Å². The smallest absolute Gasteiger partial charge is 0.264 e. The van der Waals surface area contributed by atoms with E-state index in [0.29, 0.717) is 13.2 Å². The van der Waals surface area contributed by atoms with Crippen LogP contribution in [0.2, 0.25) is 0 Å². The highest BCUT2D eigenvalue weighted by Gasteiger charge is 2.50. The summed E-state index contributed by atoms with van der Waals surface area (Å²) in [6, 6.07) is 18.3. The zero-order valence-corrected chi connectivity index (χ0v) is 25.2. The van der Waals surface area contributed by atoms with Crippen molar-refractivity contribution in [3.05, 3.63) is 71.8 Å². The van der Waals surface area contributed by atoms with Gasteiger partial charge in [-0.25, -0.2) is 0 Å². The summed E-state index contributed by atoms with van der Waals surface area (Å²) in [4.78, 5) is 12.3. The van der Waals surface area contributed by atoms with Gasteiger partial charge >= 0.3 is 0 Å². The fourth-order valence-electron chi connectivity index (χ4n) is 4.80. The average molecular weight is 592 g/mol. The highest BCUT2D eigenvalue weighted by atomic mass is 32.2. The molecule has 0 aliphatic carbocycles. The summed E-state index contributed by atoms with van der Waals surface area (Å²) < 4.78 is 55.1. The number of carbonyl (C=O) groups excluding carboxylic acids is 1. The molecule has 1 heterocycles. The molecule has 2 aromatic rings. The molecule has 0 radical (unpaired) electrons. The standard InChI is InChI=1S/C31H45NO8S/c1-4-5-6-7-8-15-20-37-31-28(32-24(2)33)30(38-22-26-18-13-10-14-19-26)29(40-41(3,34)35)27(39-31)23-36-21-25-16-11-9-12-17-25/h9-14,16-19,27-31H,4-8,15,20-23H2,1-3H3,(H,32,33)/t27-,28-,29+,30-,31-/m1/s1. The normalized spacial score (nSPS) is 22.9. The number of rotatable bonds is 18. The van der Waals surface area contributed by atoms with Crippen LogP contribution in [-0.4, -0.2) is 64.4 Å². The Morgan fingerprint density at radius 1 is 0.854 bits per heavy atom. The third-order valence-corrected chi connectivity index (χ3v) is 7.33. The maximum absolute atomic E-state index is 12.4. The first-order valence-corrected chi connectivity index (χ1v) is 16.3. The lowest BCUT2D eigenvalue weighted by molar-refractivity contribution is -0.276. The topological polar surface area (TPSA) is 109 Å². The van der Waals surface area contributed by atoms with Gasteiger partial charge in [-0.3, -0.25) is 8.98 Å². The van der Waals surface area contributed by atoms with Crippen LogP contribution in [0.5, 0.6) is 0 Å². The Morgan fingerprint density at radius 2 is 1.46 bits per heavy atom. The van der Waals surface area contributed by atoms with E-state index in [1.54, 1.807) is 0 Å². The number of hydrogen-bond donors (Lipinski definition) is 1. The summed E-state index contributed by atoms with van der Waals surface area (Å²) in [5, 5.41) is 2.88. The second-order valence-corrected chi connectivity index (χ2v) is 12.0. The van der Waals surface area contributed by atoms with Crippen LogP contribution >= 0.6 is 0 Å². The minimum atomic E-state index is -3.92. The number of benzene rings is 2. The van der Waals surface area contributed by atoms with Crippen LogP contribution in [0.25, 0.3) is 0 Å². The van der Waals surface area contributed by atoms with Crippen molar-refractivity contribution in [2.45, 2.75) is 96.2 Å². The van der Waals surface area contributed by atoms with Crippen LogP contribution in [0.3, 0.4) is 0 Å². The van der Waals surface area contributed by atoms with Gasteiger partial charge in [0.25, 0.3) is 10.1 Å². The monoisotopic (exact) mass is 591 g/mol. The van der Waals surface area contributed by atoms with Gasteiger partial charge in [0.05, 0.1) is 26.1 Å². The van der Waals surface area contributed by atoms with Gasteiger partial charge in [0.2, 0.25) is 5.91 Å². The van der Waals surface area contributed by atoms with Crippen molar-refractivity contribution >= 4 is 16.0 Å². The first kappa shape index (κ1) is 33.2.